The lowest BCUT2D eigenvalue weighted by Gasteiger charge is -2.33. The number of ether oxygens (including phenoxy) is 1. The summed E-state index contributed by atoms with van der Waals surface area (Å²) in [6.45, 7) is 3.74. The quantitative estimate of drug-likeness (QED) is 0.351. The maximum Gasteiger partial charge on any atom is 0.244 e. The van der Waals surface area contributed by atoms with E-state index in [9.17, 15) is 18.0 Å². The summed E-state index contributed by atoms with van der Waals surface area (Å²) < 4.78 is 31.9. The molecule has 0 aromatic heterocycles. The predicted molar refractivity (Wildman–Crippen MR) is 155 cm³/mol. The standard InChI is InChI=1S/C29H34ClN3O5S/c1-5-31-29(35)26(17-22-11-7-6-8-12-22)32(19-23-13-9-10-21(2)16-23)28(34)20-33(39(4,36)37)24-14-15-27(38-3)25(30)18-24/h6-16,18,26H,5,17,19-20H2,1-4H3,(H,31,35). The normalized spacial score (nSPS) is 11.9. The van der Waals surface area contributed by atoms with E-state index in [-0.39, 0.29) is 29.6 Å². The number of nitrogens with zero attached hydrogens (tertiary/aromatic N) is 2. The molecule has 10 heteroatoms. The van der Waals surface area contributed by atoms with Crippen molar-refractivity contribution in [1.29, 1.82) is 0 Å². The molecule has 2 amide bonds. The first-order valence-electron chi connectivity index (χ1n) is 12.5. The molecule has 0 saturated carbocycles. The third kappa shape index (κ3) is 8.21. The van der Waals surface area contributed by atoms with Gasteiger partial charge in [0.2, 0.25) is 21.8 Å². The summed E-state index contributed by atoms with van der Waals surface area (Å²) in [5.74, 6) is -0.470. The second-order valence-electron chi connectivity index (χ2n) is 9.20. The Labute approximate surface area is 235 Å². The van der Waals surface area contributed by atoms with E-state index in [1.54, 1.807) is 0 Å². The van der Waals surface area contributed by atoms with Gasteiger partial charge in [-0.2, -0.15) is 0 Å². The van der Waals surface area contributed by atoms with Gasteiger partial charge < -0.3 is 15.0 Å². The van der Waals surface area contributed by atoms with Crippen molar-refractivity contribution in [2.45, 2.75) is 32.9 Å². The average Bonchev–Trinajstić information content (AvgIpc) is 2.89. The molecule has 0 fully saturated rings. The van der Waals surface area contributed by atoms with E-state index in [0.29, 0.717) is 12.3 Å². The number of aryl methyl sites for hydroxylation is 1. The number of nitrogens with one attached hydrogen (secondary N) is 1. The summed E-state index contributed by atoms with van der Waals surface area (Å²) in [6.07, 6.45) is 1.28. The summed E-state index contributed by atoms with van der Waals surface area (Å²) >= 11 is 6.27. The van der Waals surface area contributed by atoms with Gasteiger partial charge in [-0.05, 0) is 43.2 Å². The second kappa shape index (κ2) is 13.5. The van der Waals surface area contributed by atoms with E-state index in [1.807, 2.05) is 68.4 Å². The van der Waals surface area contributed by atoms with Gasteiger partial charge in [-0.3, -0.25) is 13.9 Å². The van der Waals surface area contributed by atoms with Crippen molar-refractivity contribution < 1.29 is 22.7 Å². The van der Waals surface area contributed by atoms with Crippen molar-refractivity contribution in [3.8, 4) is 5.75 Å². The minimum atomic E-state index is -3.89. The Hall–Kier alpha value is -3.56. The lowest BCUT2D eigenvalue weighted by molar-refractivity contribution is -0.140. The van der Waals surface area contributed by atoms with Crippen LogP contribution in [-0.4, -0.2) is 57.6 Å². The maximum absolute atomic E-state index is 14.0. The zero-order valence-electron chi connectivity index (χ0n) is 22.6. The molecule has 39 heavy (non-hydrogen) atoms. The van der Waals surface area contributed by atoms with Crippen molar-refractivity contribution in [2.24, 2.45) is 0 Å². The van der Waals surface area contributed by atoms with Gasteiger partial charge in [0, 0.05) is 19.5 Å². The first-order valence-corrected chi connectivity index (χ1v) is 14.7. The van der Waals surface area contributed by atoms with Crippen LogP contribution >= 0.6 is 11.6 Å². The summed E-state index contributed by atoms with van der Waals surface area (Å²) in [5.41, 5.74) is 2.91. The number of carbonyl (C=O) groups excluding carboxylic acids is 2. The SMILES string of the molecule is CCNC(=O)C(Cc1ccccc1)N(Cc1cccc(C)c1)C(=O)CN(c1ccc(OC)c(Cl)c1)S(C)(=O)=O. The van der Waals surface area contributed by atoms with Crippen LogP contribution in [0.2, 0.25) is 5.02 Å². The molecule has 8 nitrogen and oxygen atoms in total. The fourth-order valence-corrected chi connectivity index (χ4v) is 5.37. The molecule has 0 aliphatic rings. The minimum absolute atomic E-state index is 0.121. The van der Waals surface area contributed by atoms with E-state index in [2.05, 4.69) is 5.32 Å². The van der Waals surface area contributed by atoms with Crippen LogP contribution in [0.15, 0.2) is 72.8 Å². The molecule has 208 valence electrons. The smallest absolute Gasteiger partial charge is 0.244 e. The van der Waals surface area contributed by atoms with E-state index < -0.39 is 28.5 Å². The molecule has 1 N–H and O–H groups in total. The van der Waals surface area contributed by atoms with Crippen LogP contribution in [0.3, 0.4) is 0 Å². The molecule has 3 aromatic carbocycles. The Bertz CT molecular complexity index is 1400. The van der Waals surface area contributed by atoms with Crippen molar-refractivity contribution in [3.05, 3.63) is 94.5 Å². The van der Waals surface area contributed by atoms with Crippen molar-refractivity contribution >= 4 is 39.1 Å². The Morgan fingerprint density at radius 1 is 1.00 bits per heavy atom. The van der Waals surface area contributed by atoms with Gasteiger partial charge in [0.15, 0.2) is 0 Å². The lowest BCUT2D eigenvalue weighted by Crippen LogP contribution is -2.53. The zero-order valence-corrected chi connectivity index (χ0v) is 24.1. The van der Waals surface area contributed by atoms with Crippen molar-refractivity contribution in [2.75, 3.05) is 30.8 Å². The third-order valence-electron chi connectivity index (χ3n) is 6.16. The molecule has 0 spiro atoms. The molecular formula is C29H34ClN3O5S. The Morgan fingerprint density at radius 2 is 1.69 bits per heavy atom. The highest BCUT2D eigenvalue weighted by Crippen LogP contribution is 2.30. The van der Waals surface area contributed by atoms with Crippen LogP contribution in [0.1, 0.15) is 23.6 Å². The second-order valence-corrected chi connectivity index (χ2v) is 11.5. The highest BCUT2D eigenvalue weighted by molar-refractivity contribution is 7.92. The molecular weight excluding hydrogens is 538 g/mol. The summed E-state index contributed by atoms with van der Waals surface area (Å²) in [4.78, 5) is 28.8. The number of benzene rings is 3. The minimum Gasteiger partial charge on any atom is -0.495 e. The molecule has 1 atom stereocenters. The monoisotopic (exact) mass is 571 g/mol. The number of hydrogen-bond acceptors (Lipinski definition) is 5. The van der Waals surface area contributed by atoms with Gasteiger partial charge in [0.05, 0.1) is 24.1 Å². The number of carbonyl (C=O) groups is 2. The Kier molecular flexibility index (Phi) is 10.4. The summed E-state index contributed by atoms with van der Waals surface area (Å²) in [5, 5.41) is 3.04. The van der Waals surface area contributed by atoms with E-state index in [4.69, 9.17) is 16.3 Å². The van der Waals surface area contributed by atoms with Gasteiger partial charge in [-0.15, -0.1) is 0 Å². The Balaban J connectivity index is 2.05. The number of rotatable bonds is 12. The first kappa shape index (κ1) is 30.0. The predicted octanol–water partition coefficient (Wildman–Crippen LogP) is 4.20. The molecule has 3 rings (SSSR count). The fraction of sp³-hybridized carbons (Fsp3) is 0.310. The molecule has 0 heterocycles. The highest BCUT2D eigenvalue weighted by atomic mass is 35.5. The number of methoxy groups -OCH3 is 1. The lowest BCUT2D eigenvalue weighted by atomic mass is 10.0. The van der Waals surface area contributed by atoms with Crippen LogP contribution in [0.25, 0.3) is 0 Å². The Morgan fingerprint density at radius 3 is 2.28 bits per heavy atom. The highest BCUT2D eigenvalue weighted by Gasteiger charge is 2.33. The van der Waals surface area contributed by atoms with E-state index >= 15 is 0 Å². The van der Waals surface area contributed by atoms with Crippen LogP contribution in [-0.2, 0) is 32.6 Å². The molecule has 3 aromatic rings. The number of sulfonamides is 1. The van der Waals surface area contributed by atoms with Crippen molar-refractivity contribution in [3.63, 3.8) is 0 Å². The zero-order chi connectivity index (χ0) is 28.6. The van der Waals surface area contributed by atoms with Gasteiger partial charge in [-0.25, -0.2) is 8.42 Å². The third-order valence-corrected chi connectivity index (χ3v) is 7.60. The number of amides is 2. The number of likely N-dealkylation sites (N-methyl/N-ethyl adjacent to an activating group) is 1. The topological polar surface area (TPSA) is 96.0 Å². The van der Waals surface area contributed by atoms with E-state index in [1.165, 1.54) is 30.2 Å². The molecule has 0 bridgehead atoms. The van der Waals surface area contributed by atoms with Crippen LogP contribution in [0, 0.1) is 6.92 Å². The van der Waals surface area contributed by atoms with Crippen molar-refractivity contribution in [1.82, 2.24) is 10.2 Å². The van der Waals surface area contributed by atoms with Crippen LogP contribution in [0.5, 0.6) is 5.75 Å². The van der Waals surface area contributed by atoms with Gasteiger partial charge in [-0.1, -0.05) is 71.8 Å². The van der Waals surface area contributed by atoms with Crippen LogP contribution < -0.4 is 14.4 Å². The molecule has 0 radical (unpaired) electrons. The average molecular weight is 572 g/mol. The summed E-state index contributed by atoms with van der Waals surface area (Å²) in [6, 6.07) is 20.7. The number of halogens is 1. The number of anilines is 1. The molecule has 0 saturated heterocycles. The largest absolute Gasteiger partial charge is 0.495 e. The summed E-state index contributed by atoms with van der Waals surface area (Å²) in [7, 11) is -2.44. The maximum atomic E-state index is 14.0. The van der Waals surface area contributed by atoms with Gasteiger partial charge >= 0.3 is 0 Å². The first-order chi connectivity index (χ1) is 18.5. The fourth-order valence-electron chi connectivity index (χ4n) is 4.28. The van der Waals surface area contributed by atoms with Gasteiger partial charge in [0.1, 0.15) is 18.3 Å². The molecule has 1 unspecified atom stereocenters. The molecule has 0 aliphatic carbocycles. The van der Waals surface area contributed by atoms with Crippen LogP contribution in [0.4, 0.5) is 5.69 Å². The van der Waals surface area contributed by atoms with E-state index in [0.717, 1.165) is 27.3 Å². The molecule has 0 aliphatic heterocycles. The van der Waals surface area contributed by atoms with Gasteiger partial charge in [0.25, 0.3) is 0 Å². The number of hydrogen-bond donors (Lipinski definition) is 1.